The molecule has 0 radical (unpaired) electrons. The van der Waals surface area contributed by atoms with Crippen LogP contribution in [0.15, 0.2) is 62.3 Å². The molecule has 1 spiro atoms. The summed E-state index contributed by atoms with van der Waals surface area (Å²) in [6.45, 7) is 1.89. The third kappa shape index (κ3) is 4.13. The molecule has 0 aromatic heterocycles. The average Bonchev–Trinajstić information content (AvgIpc) is 3.54. The van der Waals surface area contributed by atoms with Crippen LogP contribution in [0.2, 0.25) is 0 Å². The zero-order chi connectivity index (χ0) is 24.6. The Morgan fingerprint density at radius 2 is 1.91 bits per heavy atom. The van der Waals surface area contributed by atoms with Crippen molar-refractivity contribution in [1.29, 1.82) is 0 Å². The van der Waals surface area contributed by atoms with Gasteiger partial charge in [-0.1, -0.05) is 28.6 Å². The molecule has 4 atom stereocenters. The summed E-state index contributed by atoms with van der Waals surface area (Å²) >= 11 is 0. The smallest absolute Gasteiger partial charge is 0.270 e. The predicted molar refractivity (Wildman–Crippen MR) is 138 cm³/mol. The van der Waals surface area contributed by atoms with Gasteiger partial charge < -0.3 is 19.5 Å². The topological polar surface area (TPSA) is 123 Å². The number of hydrogen-bond donors (Lipinski definition) is 2. The Hall–Kier alpha value is -4.17. The first-order valence-corrected chi connectivity index (χ1v) is 12.0. The Balaban J connectivity index is 1.50. The van der Waals surface area contributed by atoms with Crippen LogP contribution in [-0.2, 0) is 0 Å². The number of nitrogens with one attached hydrogen (secondary N) is 2. The summed E-state index contributed by atoms with van der Waals surface area (Å²) in [5, 5.41) is 16.6. The van der Waals surface area contributed by atoms with Crippen LogP contribution in [-0.4, -0.2) is 60.0 Å². The normalized spacial score (nSPS) is 24.0. The van der Waals surface area contributed by atoms with Crippen LogP contribution in [0.3, 0.4) is 0 Å². The molecule has 1 aliphatic carbocycles. The van der Waals surface area contributed by atoms with E-state index in [1.807, 2.05) is 30.5 Å². The molecule has 1 saturated carbocycles. The highest BCUT2D eigenvalue weighted by molar-refractivity contribution is 8.13. The van der Waals surface area contributed by atoms with Gasteiger partial charge in [0.25, 0.3) is 5.69 Å². The lowest BCUT2D eigenvalue weighted by atomic mass is 10.2. The van der Waals surface area contributed by atoms with E-state index in [0.29, 0.717) is 28.9 Å². The second kappa shape index (κ2) is 8.88. The predicted octanol–water partition coefficient (Wildman–Crippen LogP) is 3.07. The monoisotopic (exact) mass is 490 g/mol. The van der Waals surface area contributed by atoms with Gasteiger partial charge in [-0.05, 0) is 18.4 Å². The zero-order valence-corrected chi connectivity index (χ0v) is 20.0. The number of benzene rings is 2. The summed E-state index contributed by atoms with van der Waals surface area (Å²) in [6.07, 6.45) is 1.60. The standard InChI is InChI=1S/C24H22N6O4S/c1-4-35(19-8-5-7-16(13-19)30(31)32)29-23-22(26-15-11-17(33-2)14-18(12-15)34-3)28-24-9-6-10-25-20(24)21(24)27-23/h4-5,7-8,10-14,20-21H,1-3H3,(H,26,28)(H,27,29). The molecule has 1 fully saturated rings. The van der Waals surface area contributed by atoms with Crippen LogP contribution in [0.1, 0.15) is 6.92 Å². The molecule has 2 heterocycles. The molecule has 3 aliphatic rings. The van der Waals surface area contributed by atoms with E-state index >= 15 is 0 Å². The van der Waals surface area contributed by atoms with Gasteiger partial charge in [0.1, 0.15) is 23.6 Å². The molecular weight excluding hydrogens is 468 g/mol. The number of fused-ring (bicyclic) bond motifs is 1. The van der Waals surface area contributed by atoms with Crippen LogP contribution < -0.4 is 19.5 Å². The molecule has 5 rings (SSSR count). The largest absolute Gasteiger partial charge is 0.497 e. The van der Waals surface area contributed by atoms with E-state index < -0.39 is 21.1 Å². The molecule has 0 saturated heterocycles. The third-order valence-corrected chi connectivity index (χ3v) is 7.44. The first kappa shape index (κ1) is 22.6. The molecule has 11 heteroatoms. The highest BCUT2D eigenvalue weighted by Crippen LogP contribution is 2.48. The van der Waals surface area contributed by atoms with E-state index in [1.54, 1.807) is 38.6 Å². The van der Waals surface area contributed by atoms with Gasteiger partial charge in [-0.15, -0.1) is 0 Å². The summed E-state index contributed by atoms with van der Waals surface area (Å²) < 4.78 is 14.2. The van der Waals surface area contributed by atoms with Crippen LogP contribution in [0.5, 0.6) is 11.5 Å². The van der Waals surface area contributed by atoms with E-state index in [2.05, 4.69) is 26.9 Å². The van der Waals surface area contributed by atoms with Crippen molar-refractivity contribution in [2.75, 3.05) is 19.5 Å². The van der Waals surface area contributed by atoms with Gasteiger partial charge in [-0.3, -0.25) is 20.1 Å². The van der Waals surface area contributed by atoms with Crippen molar-refractivity contribution in [2.45, 2.75) is 29.4 Å². The fourth-order valence-corrected chi connectivity index (χ4v) is 5.32. The first-order chi connectivity index (χ1) is 17.0. The van der Waals surface area contributed by atoms with Crippen molar-refractivity contribution >= 4 is 45.3 Å². The van der Waals surface area contributed by atoms with E-state index in [9.17, 15) is 10.1 Å². The lowest BCUT2D eigenvalue weighted by molar-refractivity contribution is -0.385. The number of rotatable bonds is 6. The minimum absolute atomic E-state index is 0.0292. The Labute approximate surface area is 204 Å². The number of ether oxygens (including phenoxy) is 2. The number of non-ortho nitro benzene ring substituents is 1. The van der Waals surface area contributed by atoms with Gasteiger partial charge in [0.05, 0.1) is 25.4 Å². The third-order valence-electron chi connectivity index (χ3n) is 5.79. The number of methoxy groups -OCH3 is 2. The molecule has 2 N–H and O–H groups in total. The molecule has 2 aromatic rings. The average molecular weight is 491 g/mol. The fraction of sp³-hybridized carbons (Fsp3) is 0.250. The summed E-state index contributed by atoms with van der Waals surface area (Å²) in [6, 6.07) is 11.7. The van der Waals surface area contributed by atoms with E-state index in [1.165, 1.54) is 6.07 Å². The van der Waals surface area contributed by atoms with Crippen molar-refractivity contribution in [2.24, 2.45) is 15.0 Å². The van der Waals surface area contributed by atoms with Crippen molar-refractivity contribution < 1.29 is 14.4 Å². The van der Waals surface area contributed by atoms with E-state index in [4.69, 9.17) is 19.5 Å². The van der Waals surface area contributed by atoms with Gasteiger partial charge in [0, 0.05) is 40.9 Å². The number of amidine groups is 2. The second-order valence-corrected chi connectivity index (χ2v) is 9.68. The van der Waals surface area contributed by atoms with Crippen LogP contribution in [0.4, 0.5) is 11.4 Å². The molecule has 2 aliphatic heterocycles. The highest BCUT2D eigenvalue weighted by Gasteiger charge is 2.68. The number of nitro benzene ring substituents is 1. The molecule has 10 nitrogen and oxygen atoms in total. The minimum Gasteiger partial charge on any atom is -0.497 e. The number of nitro groups is 1. The van der Waals surface area contributed by atoms with Gasteiger partial charge in [-0.2, -0.15) is 0 Å². The van der Waals surface area contributed by atoms with Crippen molar-refractivity contribution in [3.8, 4) is 23.3 Å². The molecule has 4 unspecified atom stereocenters. The maximum Gasteiger partial charge on any atom is 0.270 e. The van der Waals surface area contributed by atoms with Crippen LogP contribution in [0, 0.1) is 22.0 Å². The quantitative estimate of drug-likeness (QED) is 0.278. The van der Waals surface area contributed by atoms with Crippen LogP contribution >= 0.6 is 10.7 Å². The lowest BCUT2D eigenvalue weighted by Gasteiger charge is -2.22. The fourth-order valence-electron chi connectivity index (χ4n) is 3.99. The summed E-state index contributed by atoms with van der Waals surface area (Å²) in [5.41, 5.74) is 0.0524. The summed E-state index contributed by atoms with van der Waals surface area (Å²) in [5.74, 6) is 8.37. The van der Waals surface area contributed by atoms with Crippen molar-refractivity contribution in [3.63, 3.8) is 0 Å². The van der Waals surface area contributed by atoms with Crippen molar-refractivity contribution in [3.05, 3.63) is 52.6 Å². The zero-order valence-electron chi connectivity index (χ0n) is 19.2. The Morgan fingerprint density at radius 3 is 2.60 bits per heavy atom. The lowest BCUT2D eigenvalue weighted by Crippen LogP contribution is -2.38. The number of anilines is 1. The number of hydrogen-bond acceptors (Lipinski definition) is 9. The first-order valence-electron chi connectivity index (χ1n) is 10.7. The van der Waals surface area contributed by atoms with Gasteiger partial charge in [0.2, 0.25) is 0 Å². The molecule has 178 valence electrons. The molecule has 0 amide bonds. The van der Waals surface area contributed by atoms with Crippen molar-refractivity contribution in [1.82, 2.24) is 4.72 Å². The minimum atomic E-state index is -0.675. The number of aliphatic imine (C=N–C) groups is 3. The Kier molecular flexibility index (Phi) is 5.74. The van der Waals surface area contributed by atoms with Gasteiger partial charge in [0.15, 0.2) is 17.2 Å². The molecular formula is C24H22N6O4S. The molecule has 2 aromatic carbocycles. The molecule has 0 bridgehead atoms. The Morgan fingerprint density at radius 1 is 1.14 bits per heavy atom. The van der Waals surface area contributed by atoms with Gasteiger partial charge >= 0.3 is 0 Å². The van der Waals surface area contributed by atoms with E-state index in [-0.39, 0.29) is 17.8 Å². The summed E-state index contributed by atoms with van der Waals surface area (Å²) in [7, 11) is 2.49. The maximum atomic E-state index is 11.3. The Bertz CT molecular complexity index is 1380. The SMILES string of the molecule is C/C=S(\NC1=NC2C3N=CC#CC32N=C1Nc1cc(OC)cc(OC)c1)c1cccc([N+](=O)[O-])c1. The van der Waals surface area contributed by atoms with Gasteiger partial charge in [-0.25, -0.2) is 4.99 Å². The second-order valence-electron chi connectivity index (χ2n) is 7.86. The maximum absolute atomic E-state index is 11.3. The highest BCUT2D eigenvalue weighted by atomic mass is 32.2. The van der Waals surface area contributed by atoms with Crippen LogP contribution in [0.25, 0.3) is 0 Å². The summed E-state index contributed by atoms with van der Waals surface area (Å²) in [4.78, 5) is 26.0. The van der Waals surface area contributed by atoms with E-state index in [0.717, 1.165) is 4.90 Å². The molecule has 35 heavy (non-hydrogen) atoms. The number of nitrogens with zero attached hydrogens (tertiary/aromatic N) is 4.